The Bertz CT molecular complexity index is 507. The van der Waals surface area contributed by atoms with Crippen LogP contribution in [0, 0.1) is 0 Å². The van der Waals surface area contributed by atoms with E-state index in [0.717, 1.165) is 31.7 Å². The third-order valence-electron chi connectivity index (χ3n) is 3.81. The van der Waals surface area contributed by atoms with E-state index in [4.69, 9.17) is 4.74 Å². The standard InChI is InChI=1S/C17H24N2O3/c1-3-22-15-9-7-14(8-10-15)16(20)18-13(2)17(21)19-11-5-4-6-12-19/h7-10,13H,3-6,11-12H2,1-2H3,(H,18,20). The number of rotatable bonds is 5. The summed E-state index contributed by atoms with van der Waals surface area (Å²) in [5.41, 5.74) is 0.529. The first-order valence-electron chi connectivity index (χ1n) is 7.94. The summed E-state index contributed by atoms with van der Waals surface area (Å²) < 4.78 is 5.35. The van der Waals surface area contributed by atoms with E-state index in [9.17, 15) is 9.59 Å². The first-order chi connectivity index (χ1) is 10.6. The molecule has 2 rings (SSSR count). The van der Waals surface area contributed by atoms with Crippen molar-refractivity contribution in [2.24, 2.45) is 0 Å². The fraction of sp³-hybridized carbons (Fsp3) is 0.529. The molecule has 120 valence electrons. The van der Waals surface area contributed by atoms with E-state index >= 15 is 0 Å². The molecule has 1 atom stereocenters. The second-order valence-corrected chi connectivity index (χ2v) is 5.54. The van der Waals surface area contributed by atoms with Gasteiger partial charge >= 0.3 is 0 Å². The lowest BCUT2D eigenvalue weighted by Gasteiger charge is -2.29. The molecule has 0 bridgehead atoms. The first kappa shape index (κ1) is 16.3. The minimum atomic E-state index is -0.503. The lowest BCUT2D eigenvalue weighted by molar-refractivity contribution is -0.133. The molecule has 1 fully saturated rings. The first-order valence-corrected chi connectivity index (χ1v) is 7.94. The molecule has 0 radical (unpaired) electrons. The van der Waals surface area contributed by atoms with E-state index in [1.54, 1.807) is 31.2 Å². The third-order valence-corrected chi connectivity index (χ3v) is 3.81. The van der Waals surface area contributed by atoms with E-state index in [1.807, 2.05) is 11.8 Å². The Hall–Kier alpha value is -2.04. The molecule has 1 aliphatic heterocycles. The molecule has 0 saturated carbocycles. The number of likely N-dealkylation sites (tertiary alicyclic amines) is 1. The monoisotopic (exact) mass is 304 g/mol. The minimum Gasteiger partial charge on any atom is -0.494 e. The predicted molar refractivity (Wildman–Crippen MR) is 85.0 cm³/mol. The highest BCUT2D eigenvalue weighted by Gasteiger charge is 2.23. The summed E-state index contributed by atoms with van der Waals surface area (Å²) in [4.78, 5) is 26.3. The molecule has 1 unspecified atom stereocenters. The molecular formula is C17H24N2O3. The van der Waals surface area contributed by atoms with Crippen molar-refractivity contribution in [1.29, 1.82) is 0 Å². The van der Waals surface area contributed by atoms with Crippen LogP contribution in [-0.2, 0) is 4.79 Å². The van der Waals surface area contributed by atoms with Crippen LogP contribution in [0.3, 0.4) is 0 Å². The Morgan fingerprint density at radius 3 is 2.41 bits per heavy atom. The van der Waals surface area contributed by atoms with Gasteiger partial charge < -0.3 is 15.0 Å². The highest BCUT2D eigenvalue weighted by Crippen LogP contribution is 2.13. The number of nitrogens with one attached hydrogen (secondary N) is 1. The second kappa shape index (κ2) is 7.82. The van der Waals surface area contributed by atoms with Crippen LogP contribution in [0.4, 0.5) is 0 Å². The van der Waals surface area contributed by atoms with Gasteiger partial charge in [0.2, 0.25) is 5.91 Å². The maximum atomic E-state index is 12.3. The molecule has 5 nitrogen and oxygen atoms in total. The van der Waals surface area contributed by atoms with Gasteiger partial charge in [0.25, 0.3) is 5.91 Å². The van der Waals surface area contributed by atoms with Crippen LogP contribution in [0.15, 0.2) is 24.3 Å². The molecule has 1 N–H and O–H groups in total. The van der Waals surface area contributed by atoms with Crippen molar-refractivity contribution in [3.63, 3.8) is 0 Å². The van der Waals surface area contributed by atoms with E-state index in [-0.39, 0.29) is 11.8 Å². The molecular weight excluding hydrogens is 280 g/mol. The molecule has 1 aromatic rings. The predicted octanol–water partition coefficient (Wildman–Crippen LogP) is 2.22. The van der Waals surface area contributed by atoms with Gasteiger partial charge in [-0.3, -0.25) is 9.59 Å². The quantitative estimate of drug-likeness (QED) is 0.907. The fourth-order valence-electron chi connectivity index (χ4n) is 2.60. The molecule has 0 aliphatic carbocycles. The zero-order chi connectivity index (χ0) is 15.9. The third kappa shape index (κ3) is 4.23. The molecule has 1 aromatic carbocycles. The molecule has 2 amide bonds. The number of hydrogen-bond acceptors (Lipinski definition) is 3. The SMILES string of the molecule is CCOc1ccc(C(=O)NC(C)C(=O)N2CCCCC2)cc1. The molecule has 1 aliphatic rings. The number of benzene rings is 1. The fourth-order valence-corrected chi connectivity index (χ4v) is 2.60. The van der Waals surface area contributed by atoms with Crippen molar-refractivity contribution >= 4 is 11.8 Å². The van der Waals surface area contributed by atoms with Crippen LogP contribution in [-0.4, -0.2) is 42.5 Å². The van der Waals surface area contributed by atoms with Gasteiger partial charge in [0.05, 0.1) is 6.61 Å². The summed E-state index contributed by atoms with van der Waals surface area (Å²) >= 11 is 0. The smallest absolute Gasteiger partial charge is 0.251 e. The van der Waals surface area contributed by atoms with Crippen LogP contribution >= 0.6 is 0 Å². The van der Waals surface area contributed by atoms with Crippen LogP contribution < -0.4 is 10.1 Å². The Morgan fingerprint density at radius 1 is 1.18 bits per heavy atom. The molecule has 22 heavy (non-hydrogen) atoms. The highest BCUT2D eigenvalue weighted by atomic mass is 16.5. The van der Waals surface area contributed by atoms with E-state index in [1.165, 1.54) is 6.42 Å². The van der Waals surface area contributed by atoms with Crippen LogP contribution in [0.25, 0.3) is 0 Å². The molecule has 1 saturated heterocycles. The molecule has 5 heteroatoms. The van der Waals surface area contributed by atoms with Gasteiger partial charge in [-0.2, -0.15) is 0 Å². The van der Waals surface area contributed by atoms with Crippen molar-refractivity contribution in [2.75, 3.05) is 19.7 Å². The summed E-state index contributed by atoms with van der Waals surface area (Å²) in [5.74, 6) is 0.497. The van der Waals surface area contributed by atoms with Crippen LogP contribution in [0.2, 0.25) is 0 Å². The van der Waals surface area contributed by atoms with Gasteiger partial charge in [0.1, 0.15) is 11.8 Å². The number of carbonyl (C=O) groups excluding carboxylic acids is 2. The van der Waals surface area contributed by atoms with E-state index in [2.05, 4.69) is 5.32 Å². The largest absolute Gasteiger partial charge is 0.494 e. The topological polar surface area (TPSA) is 58.6 Å². The van der Waals surface area contributed by atoms with Gasteiger partial charge in [0, 0.05) is 18.7 Å². The Balaban J connectivity index is 1.91. The number of nitrogens with zero attached hydrogens (tertiary/aromatic N) is 1. The van der Waals surface area contributed by atoms with Crippen LogP contribution in [0.5, 0.6) is 5.75 Å². The Morgan fingerprint density at radius 2 is 1.82 bits per heavy atom. The zero-order valence-corrected chi connectivity index (χ0v) is 13.3. The number of ether oxygens (including phenoxy) is 1. The van der Waals surface area contributed by atoms with Gasteiger partial charge in [-0.15, -0.1) is 0 Å². The zero-order valence-electron chi connectivity index (χ0n) is 13.3. The number of hydrogen-bond donors (Lipinski definition) is 1. The maximum Gasteiger partial charge on any atom is 0.251 e. The summed E-state index contributed by atoms with van der Waals surface area (Å²) in [6.45, 7) is 5.83. The van der Waals surface area contributed by atoms with Crippen molar-refractivity contribution in [3.05, 3.63) is 29.8 Å². The van der Waals surface area contributed by atoms with Crippen molar-refractivity contribution in [2.45, 2.75) is 39.2 Å². The van der Waals surface area contributed by atoms with E-state index < -0.39 is 6.04 Å². The normalized spacial score (nSPS) is 16.0. The van der Waals surface area contributed by atoms with Gasteiger partial charge in [-0.25, -0.2) is 0 Å². The average molecular weight is 304 g/mol. The Labute approximate surface area is 131 Å². The minimum absolute atomic E-state index is 0.000938. The second-order valence-electron chi connectivity index (χ2n) is 5.54. The van der Waals surface area contributed by atoms with Crippen LogP contribution in [0.1, 0.15) is 43.5 Å². The molecule has 0 spiro atoms. The number of amides is 2. The molecule has 1 heterocycles. The number of piperidine rings is 1. The lowest BCUT2D eigenvalue weighted by atomic mass is 10.1. The summed E-state index contributed by atoms with van der Waals surface area (Å²) in [5, 5.41) is 2.77. The summed E-state index contributed by atoms with van der Waals surface area (Å²) in [7, 11) is 0. The maximum absolute atomic E-state index is 12.3. The number of carbonyl (C=O) groups is 2. The van der Waals surface area contributed by atoms with Crippen molar-refractivity contribution in [3.8, 4) is 5.75 Å². The van der Waals surface area contributed by atoms with Gasteiger partial charge in [-0.1, -0.05) is 0 Å². The van der Waals surface area contributed by atoms with Gasteiger partial charge in [-0.05, 0) is 57.4 Å². The van der Waals surface area contributed by atoms with Gasteiger partial charge in [0.15, 0.2) is 0 Å². The van der Waals surface area contributed by atoms with Crippen molar-refractivity contribution < 1.29 is 14.3 Å². The average Bonchev–Trinajstić information content (AvgIpc) is 2.55. The van der Waals surface area contributed by atoms with E-state index in [0.29, 0.717) is 12.2 Å². The molecule has 0 aromatic heterocycles. The summed E-state index contributed by atoms with van der Waals surface area (Å²) in [6, 6.07) is 6.43. The Kier molecular flexibility index (Phi) is 5.81. The summed E-state index contributed by atoms with van der Waals surface area (Å²) in [6.07, 6.45) is 3.27. The van der Waals surface area contributed by atoms with Crippen molar-refractivity contribution in [1.82, 2.24) is 10.2 Å². The highest BCUT2D eigenvalue weighted by molar-refractivity contribution is 5.97. The lowest BCUT2D eigenvalue weighted by Crippen LogP contribution is -2.48.